The number of phenols is 1. The maximum atomic E-state index is 10.4. The molecule has 0 bridgehead atoms. The number of unbranched alkanes of at least 4 members (excludes halogenated alkanes) is 2. The van der Waals surface area contributed by atoms with Crippen molar-refractivity contribution < 1.29 is 35.1 Å². The Morgan fingerprint density at radius 3 is 1.84 bits per heavy atom. The Morgan fingerprint density at radius 2 is 1.35 bits per heavy atom. The highest BCUT2D eigenvalue weighted by molar-refractivity contribution is 5.63. The van der Waals surface area contributed by atoms with Crippen molar-refractivity contribution in [2.24, 2.45) is 23.7 Å². The minimum atomic E-state index is -0.985. The molecule has 1 aromatic rings. The van der Waals surface area contributed by atoms with Crippen LogP contribution in [-0.2, 0) is 11.2 Å². The smallest absolute Gasteiger partial charge is 0.300 e. The van der Waals surface area contributed by atoms with Gasteiger partial charge in [0.25, 0.3) is 5.97 Å². The SMILES string of the molecule is CC(=O)O.CCCCCC(CC)C(O)C(O)CO.Cc1c(C)c2c(c(C)c1O)CC[C@@](C)(CCCC(C)CCCC(C)CCCC(C)C)O2. The molecule has 2 rings (SSSR count). The van der Waals surface area contributed by atoms with Gasteiger partial charge in [-0.25, -0.2) is 0 Å². The van der Waals surface area contributed by atoms with Crippen molar-refractivity contribution in [3.63, 3.8) is 0 Å². The third kappa shape index (κ3) is 18.8. The molecule has 0 saturated carbocycles. The number of fused-ring (bicyclic) bond motifs is 1. The normalized spacial score (nSPS) is 18.5. The first-order valence-corrected chi connectivity index (χ1v) is 19.6. The highest BCUT2D eigenvalue weighted by Gasteiger charge is 2.34. The first kappa shape index (κ1) is 47.2. The number of aliphatic hydroxyl groups excluding tert-OH is 3. The lowest BCUT2D eigenvalue weighted by atomic mass is 9.84. The van der Waals surface area contributed by atoms with Gasteiger partial charge in [-0.15, -0.1) is 0 Å². The number of benzene rings is 1. The summed E-state index contributed by atoms with van der Waals surface area (Å²) in [5.41, 5.74) is 4.23. The summed E-state index contributed by atoms with van der Waals surface area (Å²) in [6, 6.07) is 0. The molecule has 0 saturated heterocycles. The Labute approximate surface area is 301 Å². The van der Waals surface area contributed by atoms with E-state index in [0.717, 1.165) is 92.1 Å². The van der Waals surface area contributed by atoms with Gasteiger partial charge < -0.3 is 30.3 Å². The second-order valence-corrected chi connectivity index (χ2v) is 15.9. The lowest BCUT2D eigenvalue weighted by Crippen LogP contribution is -2.37. The van der Waals surface area contributed by atoms with Gasteiger partial charge in [0.2, 0.25) is 0 Å². The molecule has 7 nitrogen and oxygen atoms in total. The minimum absolute atomic E-state index is 0.0712. The number of aromatic hydroxyl groups is 1. The van der Waals surface area contributed by atoms with Gasteiger partial charge in [0.05, 0.1) is 12.7 Å². The zero-order valence-electron chi connectivity index (χ0n) is 33.5. The zero-order chi connectivity index (χ0) is 37.7. The van der Waals surface area contributed by atoms with Gasteiger partial charge in [-0.05, 0) is 100 Å². The quantitative estimate of drug-likeness (QED) is 0.0860. The van der Waals surface area contributed by atoms with Crippen LogP contribution in [0.5, 0.6) is 11.5 Å². The summed E-state index contributed by atoms with van der Waals surface area (Å²) in [5, 5.41) is 45.5. The number of aliphatic carboxylic acids is 1. The summed E-state index contributed by atoms with van der Waals surface area (Å²) >= 11 is 0. The van der Waals surface area contributed by atoms with Crippen LogP contribution in [0.1, 0.15) is 174 Å². The summed E-state index contributed by atoms with van der Waals surface area (Å²) in [5.74, 6) is 3.32. The largest absolute Gasteiger partial charge is 0.507 e. The van der Waals surface area contributed by atoms with Crippen molar-refractivity contribution in [3.05, 3.63) is 22.3 Å². The van der Waals surface area contributed by atoms with Crippen molar-refractivity contribution in [3.8, 4) is 11.5 Å². The second kappa shape index (κ2) is 25.2. The lowest BCUT2D eigenvalue weighted by molar-refractivity contribution is -0.134. The summed E-state index contributed by atoms with van der Waals surface area (Å²) in [6.45, 7) is 22.8. The topological polar surface area (TPSA) is 127 Å². The van der Waals surface area contributed by atoms with E-state index >= 15 is 0 Å². The highest BCUT2D eigenvalue weighted by atomic mass is 16.5. The van der Waals surface area contributed by atoms with E-state index in [1.807, 2.05) is 20.8 Å². The van der Waals surface area contributed by atoms with E-state index in [4.69, 9.17) is 19.7 Å². The fourth-order valence-electron chi connectivity index (χ4n) is 6.97. The molecule has 288 valence electrons. The molecule has 5 unspecified atom stereocenters. The van der Waals surface area contributed by atoms with Gasteiger partial charge in [0.15, 0.2) is 0 Å². The van der Waals surface area contributed by atoms with E-state index in [1.165, 1.54) is 63.4 Å². The molecule has 5 N–H and O–H groups in total. The molecule has 1 aliphatic heterocycles. The van der Waals surface area contributed by atoms with Crippen molar-refractivity contribution in [1.82, 2.24) is 0 Å². The van der Waals surface area contributed by atoms with Gasteiger partial charge in [0, 0.05) is 12.5 Å². The van der Waals surface area contributed by atoms with Crippen LogP contribution >= 0.6 is 0 Å². The predicted molar refractivity (Wildman–Crippen MR) is 205 cm³/mol. The summed E-state index contributed by atoms with van der Waals surface area (Å²) < 4.78 is 6.60. The van der Waals surface area contributed by atoms with Crippen molar-refractivity contribution >= 4 is 5.97 Å². The molecule has 6 atom stereocenters. The van der Waals surface area contributed by atoms with Crippen molar-refractivity contribution in [2.45, 2.75) is 197 Å². The molecule has 49 heavy (non-hydrogen) atoms. The van der Waals surface area contributed by atoms with E-state index in [2.05, 4.69) is 48.5 Å². The minimum Gasteiger partial charge on any atom is -0.507 e. The second-order valence-electron chi connectivity index (χ2n) is 15.9. The van der Waals surface area contributed by atoms with Crippen LogP contribution in [0.2, 0.25) is 0 Å². The molecule has 0 amide bonds. The molecule has 1 aromatic carbocycles. The van der Waals surface area contributed by atoms with Gasteiger partial charge >= 0.3 is 0 Å². The molecule has 1 heterocycles. The fourth-order valence-corrected chi connectivity index (χ4v) is 6.97. The molecule has 0 aromatic heterocycles. The molecular weight excluding hydrogens is 616 g/mol. The Morgan fingerprint density at radius 1 is 0.816 bits per heavy atom. The van der Waals surface area contributed by atoms with Crippen molar-refractivity contribution in [1.29, 1.82) is 0 Å². The van der Waals surface area contributed by atoms with E-state index in [0.29, 0.717) is 5.75 Å². The molecule has 0 radical (unpaired) electrons. The van der Waals surface area contributed by atoms with E-state index < -0.39 is 18.2 Å². The van der Waals surface area contributed by atoms with Gasteiger partial charge in [-0.3, -0.25) is 4.79 Å². The zero-order valence-corrected chi connectivity index (χ0v) is 33.5. The van der Waals surface area contributed by atoms with Crippen LogP contribution in [0.15, 0.2) is 0 Å². The van der Waals surface area contributed by atoms with Gasteiger partial charge in [0.1, 0.15) is 23.2 Å². The summed E-state index contributed by atoms with van der Waals surface area (Å²) in [6.07, 6.45) is 17.5. The average Bonchev–Trinajstić information content (AvgIpc) is 3.04. The molecular formula is C42H78O7. The number of hydrogen-bond donors (Lipinski definition) is 5. The number of ether oxygens (including phenoxy) is 1. The van der Waals surface area contributed by atoms with E-state index in [-0.39, 0.29) is 18.1 Å². The third-order valence-electron chi connectivity index (χ3n) is 10.6. The van der Waals surface area contributed by atoms with E-state index in [1.54, 1.807) is 0 Å². The monoisotopic (exact) mass is 695 g/mol. The molecule has 0 aliphatic carbocycles. The third-order valence-corrected chi connectivity index (χ3v) is 10.6. The van der Waals surface area contributed by atoms with Crippen LogP contribution in [0.4, 0.5) is 0 Å². The van der Waals surface area contributed by atoms with Crippen LogP contribution in [0.3, 0.4) is 0 Å². The number of hydrogen-bond acceptors (Lipinski definition) is 6. The average molecular weight is 695 g/mol. The molecule has 1 aliphatic rings. The molecule has 0 fully saturated rings. The highest BCUT2D eigenvalue weighted by Crippen LogP contribution is 2.44. The van der Waals surface area contributed by atoms with Gasteiger partial charge in [-0.1, -0.05) is 112 Å². The molecule has 0 spiro atoms. The maximum Gasteiger partial charge on any atom is 0.300 e. The number of carboxylic acid groups (broad SMARTS) is 1. The number of rotatable bonds is 20. The van der Waals surface area contributed by atoms with Crippen LogP contribution in [0.25, 0.3) is 0 Å². The van der Waals surface area contributed by atoms with Crippen LogP contribution in [0, 0.1) is 44.4 Å². The lowest BCUT2D eigenvalue weighted by Gasteiger charge is -2.38. The Bertz CT molecular complexity index is 1030. The first-order chi connectivity index (χ1) is 22.9. The van der Waals surface area contributed by atoms with Crippen molar-refractivity contribution in [2.75, 3.05) is 6.61 Å². The predicted octanol–water partition coefficient (Wildman–Crippen LogP) is 10.2. The number of carboxylic acids is 1. The molecule has 7 heteroatoms. The Kier molecular flexibility index (Phi) is 24.2. The van der Waals surface area contributed by atoms with Crippen LogP contribution in [-0.4, -0.2) is 55.9 Å². The Balaban J connectivity index is 0.00000106. The summed E-state index contributed by atoms with van der Waals surface area (Å²) in [7, 11) is 0. The maximum absolute atomic E-state index is 10.4. The number of aliphatic hydroxyl groups is 3. The standard InChI is InChI=1S/C29H50O2.C11H24O3.C2H4O2/c1-20(2)12-9-13-21(3)14-10-15-22(4)16-11-18-29(8)19-17-26-25(7)27(30)23(5)24(6)28(26)31-29;1-3-5-6-7-9(4-2)11(14)10(13)8-12;1-2(3)4/h20-22,30H,9-19H2,1-8H3;9-14H,3-8H2,1-2H3;1H3,(H,3,4)/t21?,22?,29-;;/m1../s1. The Hall–Kier alpha value is -1.83. The number of phenolic OH excluding ortho intramolecular Hbond substituents is 1. The number of carbonyl (C=O) groups is 1. The first-order valence-electron chi connectivity index (χ1n) is 19.6. The fraction of sp³-hybridized carbons (Fsp3) is 0.833. The van der Waals surface area contributed by atoms with Gasteiger partial charge in [-0.2, -0.15) is 0 Å². The van der Waals surface area contributed by atoms with E-state index in [9.17, 15) is 15.3 Å². The summed E-state index contributed by atoms with van der Waals surface area (Å²) in [4.78, 5) is 9.00. The van der Waals surface area contributed by atoms with Crippen LogP contribution < -0.4 is 4.74 Å².